The molecule has 1 aliphatic rings. The molecule has 0 spiro atoms. The van der Waals surface area contributed by atoms with E-state index < -0.39 is 6.03 Å². The van der Waals surface area contributed by atoms with Crippen LogP contribution >= 0.6 is 12.4 Å². The number of hydrogen-bond donors (Lipinski definition) is 3. The first-order chi connectivity index (χ1) is 20.4. The Bertz CT molecular complexity index is 1520. The number of carbonyl (C=O) groups is 2. The first-order valence-corrected chi connectivity index (χ1v) is 14.1. The van der Waals surface area contributed by atoms with Gasteiger partial charge >= 0.3 is 6.03 Å². The normalized spacial score (nSPS) is 13.1. The number of urea groups is 1. The Morgan fingerprint density at radius 1 is 0.953 bits per heavy atom. The van der Waals surface area contributed by atoms with Crippen molar-refractivity contribution in [2.24, 2.45) is 0 Å². The molecule has 4 aromatic rings. The van der Waals surface area contributed by atoms with Crippen molar-refractivity contribution in [2.45, 2.75) is 19.9 Å². The maximum absolute atomic E-state index is 12.6. The maximum Gasteiger partial charge on any atom is 0.323 e. The molecule has 13 nitrogen and oxygen atoms in total. The molecule has 14 heteroatoms. The largest absolute Gasteiger partial charge is 0.378 e. The van der Waals surface area contributed by atoms with Crippen LogP contribution in [0, 0.1) is 0 Å². The van der Waals surface area contributed by atoms with E-state index in [4.69, 9.17) is 14.7 Å². The summed E-state index contributed by atoms with van der Waals surface area (Å²) < 4.78 is 7.27. The summed E-state index contributed by atoms with van der Waals surface area (Å²) in [5.41, 5.74) is 3.88. The van der Waals surface area contributed by atoms with Crippen LogP contribution in [0.5, 0.6) is 0 Å². The van der Waals surface area contributed by atoms with Crippen LogP contribution in [-0.4, -0.2) is 95.3 Å². The molecule has 0 atom stereocenters. The van der Waals surface area contributed by atoms with Gasteiger partial charge in [0.15, 0.2) is 22.8 Å². The molecule has 0 radical (unpaired) electrons. The number of anilines is 3. The average molecular weight is 609 g/mol. The molecule has 5 rings (SSSR count). The quantitative estimate of drug-likeness (QED) is 0.231. The summed E-state index contributed by atoms with van der Waals surface area (Å²) in [6.07, 6.45) is 0.874. The molecule has 0 unspecified atom stereocenters. The minimum absolute atomic E-state index is 0. The third kappa shape index (κ3) is 7.95. The van der Waals surface area contributed by atoms with Crippen LogP contribution < -0.4 is 20.9 Å². The number of aromatic nitrogens is 5. The predicted molar refractivity (Wildman–Crippen MR) is 169 cm³/mol. The summed E-state index contributed by atoms with van der Waals surface area (Å²) in [5, 5.41) is 17.1. The van der Waals surface area contributed by atoms with Gasteiger partial charge in [0.1, 0.15) is 0 Å². The molecule has 228 valence electrons. The third-order valence-electron chi connectivity index (χ3n) is 6.83. The van der Waals surface area contributed by atoms with Gasteiger partial charge in [0, 0.05) is 48.7 Å². The number of halogens is 1. The van der Waals surface area contributed by atoms with Crippen LogP contribution in [0.4, 0.5) is 22.0 Å². The van der Waals surface area contributed by atoms with Gasteiger partial charge < -0.3 is 30.5 Å². The number of aryl methyl sites for hydroxylation is 1. The molecule has 0 aliphatic carbocycles. The molecule has 3 amide bonds. The van der Waals surface area contributed by atoms with E-state index in [1.165, 1.54) is 0 Å². The van der Waals surface area contributed by atoms with Gasteiger partial charge in [-0.15, -0.1) is 17.5 Å². The summed E-state index contributed by atoms with van der Waals surface area (Å²) in [7, 11) is 4.00. The van der Waals surface area contributed by atoms with Gasteiger partial charge in [-0.05, 0) is 82.5 Å². The van der Waals surface area contributed by atoms with Crippen molar-refractivity contribution in [3.63, 3.8) is 0 Å². The molecule has 1 fully saturated rings. The van der Waals surface area contributed by atoms with Gasteiger partial charge in [0.05, 0.1) is 13.2 Å². The summed E-state index contributed by atoms with van der Waals surface area (Å²) in [5.74, 6) is 1.16. The summed E-state index contributed by atoms with van der Waals surface area (Å²) in [4.78, 5) is 38.8. The maximum atomic E-state index is 12.6. The van der Waals surface area contributed by atoms with E-state index >= 15 is 0 Å². The monoisotopic (exact) mass is 608 g/mol. The fourth-order valence-corrected chi connectivity index (χ4v) is 4.58. The van der Waals surface area contributed by atoms with Crippen LogP contribution in [0.3, 0.4) is 0 Å². The van der Waals surface area contributed by atoms with Crippen molar-refractivity contribution in [2.75, 3.05) is 69.0 Å². The molecule has 1 aliphatic heterocycles. The van der Waals surface area contributed by atoms with E-state index in [0.717, 1.165) is 37.4 Å². The number of hydrogen-bond acceptors (Lipinski definition) is 9. The lowest BCUT2D eigenvalue weighted by Crippen LogP contribution is -2.37. The second-order valence-corrected chi connectivity index (χ2v) is 10.2. The average Bonchev–Trinajstić information content (AvgIpc) is 3.43. The van der Waals surface area contributed by atoms with E-state index in [2.05, 4.69) is 36.1 Å². The Hall–Kier alpha value is -4.33. The minimum Gasteiger partial charge on any atom is -0.378 e. The second-order valence-electron chi connectivity index (χ2n) is 10.2. The molecule has 2 aromatic heterocycles. The summed E-state index contributed by atoms with van der Waals surface area (Å²) in [6, 6.07) is 13.7. The van der Waals surface area contributed by atoms with Crippen LogP contribution in [0.1, 0.15) is 23.7 Å². The lowest BCUT2D eigenvalue weighted by atomic mass is 10.2. The van der Waals surface area contributed by atoms with Gasteiger partial charge in [-0.3, -0.25) is 4.79 Å². The Morgan fingerprint density at radius 2 is 1.60 bits per heavy atom. The molecule has 0 saturated carbocycles. The lowest BCUT2D eigenvalue weighted by Gasteiger charge is -2.27. The van der Waals surface area contributed by atoms with Crippen molar-refractivity contribution in [1.29, 1.82) is 0 Å². The standard InChI is InChI=1S/C29H36N10O3.ClH/c1-4-39-27-24(35-36-39)26(38-16-18-42-19-17-38)33-25(34-27)20-6-10-22(11-7-20)31-29(41)32-23-12-8-21(9-13-23)28(40)30-14-5-15-37(2)3;/h6-13H,4-5,14-19H2,1-3H3,(H,30,40)(H2,31,32,41);1H. The minimum atomic E-state index is -0.395. The Balaban J connectivity index is 0.00000423. The zero-order chi connectivity index (χ0) is 29.5. The smallest absolute Gasteiger partial charge is 0.323 e. The highest BCUT2D eigenvalue weighted by Crippen LogP contribution is 2.27. The van der Waals surface area contributed by atoms with Crippen molar-refractivity contribution in [3.05, 3.63) is 54.1 Å². The number of ether oxygens (including phenoxy) is 1. The number of rotatable bonds is 10. The van der Waals surface area contributed by atoms with E-state index in [1.54, 1.807) is 41.1 Å². The third-order valence-corrected chi connectivity index (χ3v) is 6.83. The summed E-state index contributed by atoms with van der Waals surface area (Å²) >= 11 is 0. The molecule has 3 heterocycles. The van der Waals surface area contributed by atoms with Crippen molar-refractivity contribution in [3.8, 4) is 11.4 Å². The zero-order valence-electron chi connectivity index (χ0n) is 24.5. The molecular formula is C29H37ClN10O3. The number of amides is 3. The Morgan fingerprint density at radius 3 is 2.23 bits per heavy atom. The fraction of sp³-hybridized carbons (Fsp3) is 0.379. The van der Waals surface area contributed by atoms with Gasteiger partial charge in [-0.2, -0.15) is 0 Å². The first-order valence-electron chi connectivity index (χ1n) is 14.1. The molecule has 0 bridgehead atoms. The second kappa shape index (κ2) is 14.7. The highest BCUT2D eigenvalue weighted by Gasteiger charge is 2.21. The fourth-order valence-electron chi connectivity index (χ4n) is 4.58. The number of morpholine rings is 1. The van der Waals surface area contributed by atoms with E-state index in [0.29, 0.717) is 60.2 Å². The SMILES string of the molecule is CCn1nnc2c(N3CCOCC3)nc(-c3ccc(NC(=O)Nc4ccc(C(=O)NCCCN(C)C)cc4)cc3)nc21.Cl. The number of carbonyl (C=O) groups excluding carboxylic acids is 2. The van der Waals surface area contributed by atoms with Gasteiger partial charge in [-0.25, -0.2) is 19.4 Å². The first kappa shape index (κ1) is 31.6. The number of benzene rings is 2. The highest BCUT2D eigenvalue weighted by molar-refractivity contribution is 6.00. The van der Waals surface area contributed by atoms with Gasteiger partial charge in [-0.1, -0.05) is 5.21 Å². The molecule has 3 N–H and O–H groups in total. The molecule has 1 saturated heterocycles. The summed E-state index contributed by atoms with van der Waals surface area (Å²) in [6.45, 7) is 6.84. The van der Waals surface area contributed by atoms with Crippen LogP contribution in [0.2, 0.25) is 0 Å². The van der Waals surface area contributed by atoms with E-state index in [-0.39, 0.29) is 18.3 Å². The van der Waals surface area contributed by atoms with E-state index in [1.807, 2.05) is 33.2 Å². The molecular weight excluding hydrogens is 572 g/mol. The van der Waals surface area contributed by atoms with Crippen LogP contribution in [-0.2, 0) is 11.3 Å². The highest BCUT2D eigenvalue weighted by atomic mass is 35.5. The molecule has 43 heavy (non-hydrogen) atoms. The van der Waals surface area contributed by atoms with Crippen LogP contribution in [0.25, 0.3) is 22.6 Å². The van der Waals surface area contributed by atoms with Crippen molar-refractivity contribution >= 4 is 52.7 Å². The molecule has 2 aromatic carbocycles. The number of nitrogens with one attached hydrogen (secondary N) is 3. The Labute approximate surface area is 256 Å². The number of nitrogens with zero attached hydrogens (tertiary/aromatic N) is 7. The predicted octanol–water partition coefficient (Wildman–Crippen LogP) is 3.49. The topological polar surface area (TPSA) is 142 Å². The zero-order valence-corrected chi connectivity index (χ0v) is 25.4. The number of fused-ring (bicyclic) bond motifs is 1. The van der Waals surface area contributed by atoms with Crippen molar-refractivity contribution < 1.29 is 14.3 Å². The van der Waals surface area contributed by atoms with E-state index in [9.17, 15) is 9.59 Å². The van der Waals surface area contributed by atoms with Crippen molar-refractivity contribution in [1.82, 2.24) is 35.2 Å². The lowest BCUT2D eigenvalue weighted by molar-refractivity contribution is 0.0952. The van der Waals surface area contributed by atoms with Gasteiger partial charge in [0.25, 0.3) is 5.91 Å². The Kier molecular flexibility index (Phi) is 10.8. The van der Waals surface area contributed by atoms with Crippen LogP contribution in [0.15, 0.2) is 48.5 Å². The van der Waals surface area contributed by atoms with Gasteiger partial charge in [0.2, 0.25) is 0 Å².